The minimum absolute atomic E-state index is 0.0715. The molecule has 5 nitrogen and oxygen atoms in total. The van der Waals surface area contributed by atoms with Gasteiger partial charge < -0.3 is 24.4 Å². The van der Waals surface area contributed by atoms with Gasteiger partial charge in [-0.25, -0.2) is 0 Å². The van der Waals surface area contributed by atoms with Crippen LogP contribution in [0.1, 0.15) is 25.0 Å². The molecular weight excluding hydrogens is 451 g/mol. The number of hydrogen-bond acceptors (Lipinski definition) is 5. The van der Waals surface area contributed by atoms with Crippen molar-refractivity contribution < 1.29 is 24.4 Å². The first-order valence-corrected chi connectivity index (χ1v) is 10.7. The molecule has 2 rings (SSSR count). The van der Waals surface area contributed by atoms with E-state index in [1.807, 2.05) is 24.3 Å². The second kappa shape index (κ2) is 11.4. The quantitative estimate of drug-likeness (QED) is 0.460. The van der Waals surface area contributed by atoms with Crippen LogP contribution in [0.4, 0.5) is 0 Å². The van der Waals surface area contributed by atoms with Gasteiger partial charge in [0.25, 0.3) is 0 Å². The first kappa shape index (κ1) is 25.1. The zero-order valence-corrected chi connectivity index (χ0v) is 19.5. The summed E-state index contributed by atoms with van der Waals surface area (Å²) in [6.45, 7) is 4.47. The van der Waals surface area contributed by atoms with Crippen LogP contribution in [0.25, 0.3) is 0 Å². The summed E-state index contributed by atoms with van der Waals surface area (Å²) in [5.41, 5.74) is 1.55. The normalized spacial score (nSPS) is 13.7. The molecule has 0 fully saturated rings. The van der Waals surface area contributed by atoms with Crippen molar-refractivity contribution in [1.29, 1.82) is 0 Å². The molecule has 8 heteroatoms. The Bertz CT molecular complexity index is 828. The van der Waals surface area contributed by atoms with E-state index in [0.717, 1.165) is 11.1 Å². The lowest BCUT2D eigenvalue weighted by Gasteiger charge is -2.27. The van der Waals surface area contributed by atoms with E-state index in [4.69, 9.17) is 49.0 Å². The molecule has 2 aromatic rings. The van der Waals surface area contributed by atoms with Gasteiger partial charge >= 0.3 is 0 Å². The van der Waals surface area contributed by atoms with Crippen molar-refractivity contribution in [2.24, 2.45) is 0 Å². The Labute approximate surface area is 192 Å². The summed E-state index contributed by atoms with van der Waals surface area (Å²) in [7, 11) is 1.52. The first-order chi connectivity index (χ1) is 14.2. The molecule has 2 atom stereocenters. The van der Waals surface area contributed by atoms with Crippen LogP contribution in [0.5, 0.6) is 11.5 Å². The zero-order valence-electron chi connectivity index (χ0n) is 17.2. The number of aliphatic hydroxyl groups excluding tert-OH is 2. The second-order valence-electron chi connectivity index (χ2n) is 7.45. The molecule has 2 N–H and O–H groups in total. The molecule has 166 valence electrons. The lowest BCUT2D eigenvalue weighted by atomic mass is 9.78. The summed E-state index contributed by atoms with van der Waals surface area (Å²) >= 11 is 18.4. The summed E-state index contributed by atoms with van der Waals surface area (Å²) < 4.78 is 16.0. The SMILES string of the molecule is COC[C@@H](O)COc1ccc(C(C)(C)c2ccc(OC[C@@H](O)CCl)c(Cl)c2)cc1Cl. The zero-order chi connectivity index (χ0) is 22.3. The van der Waals surface area contributed by atoms with E-state index in [2.05, 4.69) is 13.8 Å². The van der Waals surface area contributed by atoms with Gasteiger partial charge in [0.1, 0.15) is 36.9 Å². The van der Waals surface area contributed by atoms with E-state index in [9.17, 15) is 10.2 Å². The molecule has 0 amide bonds. The maximum atomic E-state index is 9.73. The maximum absolute atomic E-state index is 9.73. The van der Waals surface area contributed by atoms with E-state index in [1.54, 1.807) is 12.1 Å². The molecule has 0 saturated carbocycles. The third-order valence-corrected chi connectivity index (χ3v) is 5.65. The predicted octanol–water partition coefficient (Wildman–Crippen LogP) is 4.68. The summed E-state index contributed by atoms with van der Waals surface area (Å²) in [5.74, 6) is 1.07. The summed E-state index contributed by atoms with van der Waals surface area (Å²) in [4.78, 5) is 0. The highest BCUT2D eigenvalue weighted by atomic mass is 35.5. The van der Waals surface area contributed by atoms with Crippen molar-refractivity contribution in [3.05, 3.63) is 57.6 Å². The highest BCUT2D eigenvalue weighted by Crippen LogP contribution is 2.38. The number of ether oxygens (including phenoxy) is 3. The highest BCUT2D eigenvalue weighted by Gasteiger charge is 2.25. The summed E-state index contributed by atoms with van der Waals surface area (Å²) in [6, 6.07) is 11.1. The number of halogens is 3. The smallest absolute Gasteiger partial charge is 0.138 e. The molecule has 0 aromatic heterocycles. The van der Waals surface area contributed by atoms with Crippen molar-refractivity contribution in [3.63, 3.8) is 0 Å². The molecule has 2 aromatic carbocycles. The average Bonchev–Trinajstić information content (AvgIpc) is 2.71. The maximum Gasteiger partial charge on any atom is 0.138 e. The van der Waals surface area contributed by atoms with Gasteiger partial charge in [-0.3, -0.25) is 0 Å². The van der Waals surface area contributed by atoms with Gasteiger partial charge in [0.05, 0.1) is 22.5 Å². The van der Waals surface area contributed by atoms with Crippen molar-refractivity contribution in [2.75, 3.05) is 32.8 Å². The minimum atomic E-state index is -0.752. The molecule has 0 heterocycles. The van der Waals surface area contributed by atoms with Gasteiger partial charge in [-0.2, -0.15) is 0 Å². The monoisotopic (exact) mass is 476 g/mol. The fourth-order valence-electron chi connectivity index (χ4n) is 2.84. The lowest BCUT2D eigenvalue weighted by molar-refractivity contribution is 0.0326. The first-order valence-electron chi connectivity index (χ1n) is 9.45. The Morgan fingerprint density at radius 2 is 1.30 bits per heavy atom. The number of methoxy groups -OCH3 is 1. The van der Waals surface area contributed by atoms with Crippen molar-refractivity contribution in [3.8, 4) is 11.5 Å². The topological polar surface area (TPSA) is 68.2 Å². The van der Waals surface area contributed by atoms with Crippen LogP contribution in [0.15, 0.2) is 36.4 Å². The number of hydrogen-bond donors (Lipinski definition) is 2. The molecule has 0 radical (unpaired) electrons. The van der Waals surface area contributed by atoms with Crippen LogP contribution in [-0.4, -0.2) is 55.2 Å². The number of rotatable bonds is 11. The van der Waals surface area contributed by atoms with Crippen molar-refractivity contribution in [2.45, 2.75) is 31.5 Å². The number of aliphatic hydroxyl groups is 2. The van der Waals surface area contributed by atoms with Gasteiger partial charge in [0.15, 0.2) is 0 Å². The van der Waals surface area contributed by atoms with Crippen LogP contribution in [0, 0.1) is 0 Å². The molecule has 0 aliphatic rings. The third-order valence-electron chi connectivity index (χ3n) is 4.71. The third kappa shape index (κ3) is 6.64. The number of benzene rings is 2. The van der Waals surface area contributed by atoms with Crippen LogP contribution in [-0.2, 0) is 10.2 Å². The average molecular weight is 478 g/mol. The highest BCUT2D eigenvalue weighted by molar-refractivity contribution is 6.32. The van der Waals surface area contributed by atoms with Crippen LogP contribution >= 0.6 is 34.8 Å². The molecule has 0 bridgehead atoms. The molecule has 0 spiro atoms. The van der Waals surface area contributed by atoms with E-state index in [-0.39, 0.29) is 25.7 Å². The largest absolute Gasteiger partial charge is 0.489 e. The Kier molecular flexibility index (Phi) is 9.54. The Morgan fingerprint density at radius 1 is 0.833 bits per heavy atom. The van der Waals surface area contributed by atoms with Gasteiger partial charge in [-0.15, -0.1) is 11.6 Å². The van der Waals surface area contributed by atoms with E-state index < -0.39 is 17.6 Å². The second-order valence-corrected chi connectivity index (χ2v) is 8.58. The van der Waals surface area contributed by atoms with Gasteiger partial charge in [-0.05, 0) is 35.4 Å². The predicted molar refractivity (Wildman–Crippen MR) is 121 cm³/mol. The fraction of sp³-hybridized carbons (Fsp3) is 0.455. The molecule has 0 unspecified atom stereocenters. The summed E-state index contributed by atoms with van der Waals surface area (Å²) in [5, 5.41) is 20.2. The van der Waals surface area contributed by atoms with Crippen LogP contribution < -0.4 is 9.47 Å². The summed E-state index contributed by atoms with van der Waals surface area (Å²) in [6.07, 6.45) is -1.48. The Hall–Kier alpha value is -1.21. The standard InChI is InChI=1S/C22H27Cl3O5/c1-22(2,14-4-6-20(18(24)8-14)29-12-16(26)10-23)15-5-7-21(19(25)9-15)30-13-17(27)11-28-3/h4-9,16-17,26-27H,10-13H2,1-3H3/t16-,17+/m0/s1. The Balaban J connectivity index is 2.16. The van der Waals surface area contributed by atoms with Crippen LogP contribution in [0.2, 0.25) is 10.0 Å². The van der Waals surface area contributed by atoms with Crippen molar-refractivity contribution in [1.82, 2.24) is 0 Å². The lowest BCUT2D eigenvalue weighted by Crippen LogP contribution is -2.23. The molecular formula is C22H27Cl3O5. The van der Waals surface area contributed by atoms with Gasteiger partial charge in [0, 0.05) is 12.5 Å². The fourth-order valence-corrected chi connectivity index (χ4v) is 3.40. The van der Waals surface area contributed by atoms with E-state index >= 15 is 0 Å². The van der Waals surface area contributed by atoms with E-state index in [1.165, 1.54) is 7.11 Å². The van der Waals surface area contributed by atoms with Gasteiger partial charge in [0.2, 0.25) is 0 Å². The molecule has 0 aliphatic heterocycles. The minimum Gasteiger partial charge on any atom is -0.489 e. The van der Waals surface area contributed by atoms with Crippen LogP contribution in [0.3, 0.4) is 0 Å². The number of alkyl halides is 1. The van der Waals surface area contributed by atoms with E-state index in [0.29, 0.717) is 21.5 Å². The van der Waals surface area contributed by atoms with Crippen molar-refractivity contribution >= 4 is 34.8 Å². The Morgan fingerprint density at radius 3 is 1.70 bits per heavy atom. The molecule has 0 aliphatic carbocycles. The van der Waals surface area contributed by atoms with Gasteiger partial charge in [-0.1, -0.05) is 49.2 Å². The molecule has 0 saturated heterocycles. The molecule has 30 heavy (non-hydrogen) atoms.